The standard InChI is InChI=1S/C19H20N6O/c26-16-8-14(17-15(23-16)5-4-12-11-22-24-18(12)17)13-9-20-19(21-10-13)25-6-2-1-3-7-25/h4-5,9-11,14H,1-3,6-8H2,(H,22,24)(H,23,26). The first-order valence-corrected chi connectivity index (χ1v) is 9.12. The number of aromatic amines is 1. The van der Waals surface area contributed by atoms with Gasteiger partial charge >= 0.3 is 0 Å². The highest BCUT2D eigenvalue weighted by Gasteiger charge is 2.29. The van der Waals surface area contributed by atoms with Crippen LogP contribution >= 0.6 is 0 Å². The second kappa shape index (κ2) is 6.09. The lowest BCUT2D eigenvalue weighted by Gasteiger charge is -2.28. The van der Waals surface area contributed by atoms with Crippen molar-refractivity contribution in [2.75, 3.05) is 23.3 Å². The molecule has 26 heavy (non-hydrogen) atoms. The monoisotopic (exact) mass is 348 g/mol. The summed E-state index contributed by atoms with van der Waals surface area (Å²) in [6, 6.07) is 3.91. The maximum Gasteiger partial charge on any atom is 0.225 e. The van der Waals surface area contributed by atoms with Gasteiger partial charge in [0.25, 0.3) is 0 Å². The normalized spacial score (nSPS) is 20.1. The Kier molecular flexibility index (Phi) is 3.58. The Labute approximate surface area is 150 Å². The topological polar surface area (TPSA) is 86.8 Å². The summed E-state index contributed by atoms with van der Waals surface area (Å²) in [7, 11) is 0. The molecular weight excluding hydrogens is 328 g/mol. The second-order valence-corrected chi connectivity index (χ2v) is 7.03. The average molecular weight is 348 g/mol. The molecule has 132 valence electrons. The molecule has 0 radical (unpaired) electrons. The van der Waals surface area contributed by atoms with Gasteiger partial charge in [-0.15, -0.1) is 0 Å². The summed E-state index contributed by atoms with van der Waals surface area (Å²) in [6.07, 6.45) is 9.61. The lowest BCUT2D eigenvalue weighted by molar-refractivity contribution is -0.116. The molecule has 1 amide bonds. The van der Waals surface area contributed by atoms with E-state index in [0.717, 1.165) is 46.8 Å². The van der Waals surface area contributed by atoms with Crippen LogP contribution in [0.25, 0.3) is 10.9 Å². The Bertz CT molecular complexity index is 958. The highest BCUT2D eigenvalue weighted by Crippen LogP contribution is 2.40. The Hall–Kier alpha value is -2.96. The molecule has 0 bridgehead atoms. The lowest BCUT2D eigenvalue weighted by Crippen LogP contribution is -2.31. The van der Waals surface area contributed by atoms with Crippen molar-refractivity contribution in [2.24, 2.45) is 0 Å². The third kappa shape index (κ3) is 2.51. The number of H-pyrrole nitrogens is 1. The van der Waals surface area contributed by atoms with Crippen LogP contribution in [0, 0.1) is 0 Å². The molecule has 2 aliphatic rings. The smallest absolute Gasteiger partial charge is 0.225 e. The van der Waals surface area contributed by atoms with Crippen LogP contribution in [0.4, 0.5) is 11.6 Å². The van der Waals surface area contributed by atoms with Crippen LogP contribution in [0.5, 0.6) is 0 Å². The number of nitrogens with one attached hydrogen (secondary N) is 2. The third-order valence-electron chi connectivity index (χ3n) is 5.37. The predicted octanol–water partition coefficient (Wildman–Crippen LogP) is 2.82. The summed E-state index contributed by atoms with van der Waals surface area (Å²) in [5.74, 6) is 0.730. The van der Waals surface area contributed by atoms with E-state index in [1.807, 2.05) is 24.5 Å². The van der Waals surface area contributed by atoms with Gasteiger partial charge in [0.15, 0.2) is 0 Å². The molecule has 1 unspecified atom stereocenters. The number of aromatic nitrogens is 4. The van der Waals surface area contributed by atoms with Crippen molar-refractivity contribution in [3.05, 3.63) is 41.9 Å². The molecule has 0 aliphatic carbocycles. The molecule has 7 nitrogen and oxygen atoms in total. The molecule has 3 aromatic rings. The summed E-state index contributed by atoms with van der Waals surface area (Å²) in [5.41, 5.74) is 3.83. The largest absolute Gasteiger partial charge is 0.341 e. The van der Waals surface area contributed by atoms with Crippen LogP contribution < -0.4 is 10.2 Å². The molecule has 1 fully saturated rings. The number of hydrogen-bond acceptors (Lipinski definition) is 5. The Balaban J connectivity index is 1.54. The summed E-state index contributed by atoms with van der Waals surface area (Å²) in [4.78, 5) is 23.7. The van der Waals surface area contributed by atoms with Crippen LogP contribution in [0.2, 0.25) is 0 Å². The van der Waals surface area contributed by atoms with E-state index in [9.17, 15) is 4.79 Å². The fourth-order valence-electron chi connectivity index (χ4n) is 4.05. The molecule has 0 saturated carbocycles. The van der Waals surface area contributed by atoms with E-state index >= 15 is 0 Å². The Morgan fingerprint density at radius 3 is 2.65 bits per heavy atom. The number of carbonyl (C=O) groups excluding carboxylic acids is 1. The van der Waals surface area contributed by atoms with Gasteiger partial charge in [0.05, 0.1) is 11.7 Å². The fourth-order valence-corrected chi connectivity index (χ4v) is 4.05. The van der Waals surface area contributed by atoms with Crippen LogP contribution in [0.15, 0.2) is 30.7 Å². The van der Waals surface area contributed by atoms with Crippen molar-refractivity contribution >= 4 is 28.4 Å². The Morgan fingerprint density at radius 1 is 1.04 bits per heavy atom. The molecule has 4 heterocycles. The first-order valence-electron chi connectivity index (χ1n) is 9.12. The number of amides is 1. The molecule has 2 N–H and O–H groups in total. The van der Waals surface area contributed by atoms with Crippen molar-refractivity contribution in [3.63, 3.8) is 0 Å². The summed E-state index contributed by atoms with van der Waals surface area (Å²) in [6.45, 7) is 2.03. The minimum Gasteiger partial charge on any atom is -0.341 e. The van der Waals surface area contributed by atoms with Crippen LogP contribution in [-0.2, 0) is 4.79 Å². The SMILES string of the molecule is O=C1CC(c2cnc(N3CCCCC3)nc2)c2c(ccc3cn[nH]c23)N1. The molecule has 5 rings (SSSR count). The predicted molar refractivity (Wildman–Crippen MR) is 99.3 cm³/mol. The van der Waals surface area contributed by atoms with Gasteiger partial charge < -0.3 is 10.2 Å². The minimum atomic E-state index is -0.0710. The average Bonchev–Trinajstić information content (AvgIpc) is 3.17. The van der Waals surface area contributed by atoms with Gasteiger partial charge in [-0.1, -0.05) is 0 Å². The molecular formula is C19H20N6O. The van der Waals surface area contributed by atoms with Crippen molar-refractivity contribution in [1.29, 1.82) is 0 Å². The first kappa shape index (κ1) is 15.3. The maximum atomic E-state index is 12.2. The molecule has 1 saturated heterocycles. The zero-order chi connectivity index (χ0) is 17.5. The van der Waals surface area contributed by atoms with Gasteiger partial charge in [-0.05, 0) is 37.0 Å². The number of nitrogens with zero attached hydrogens (tertiary/aromatic N) is 4. The molecule has 2 aliphatic heterocycles. The van der Waals surface area contributed by atoms with Crippen molar-refractivity contribution < 1.29 is 4.79 Å². The number of hydrogen-bond donors (Lipinski definition) is 2. The number of fused-ring (bicyclic) bond motifs is 3. The number of anilines is 2. The fraction of sp³-hybridized carbons (Fsp3) is 0.368. The number of carbonyl (C=O) groups is 1. The summed E-state index contributed by atoms with van der Waals surface area (Å²) in [5, 5.41) is 11.2. The Morgan fingerprint density at radius 2 is 1.85 bits per heavy atom. The van der Waals surface area contributed by atoms with Crippen molar-refractivity contribution in [3.8, 4) is 0 Å². The molecule has 1 aromatic carbocycles. The van der Waals surface area contributed by atoms with E-state index in [4.69, 9.17) is 0 Å². The molecule has 0 spiro atoms. The van der Waals surface area contributed by atoms with E-state index in [2.05, 4.69) is 30.4 Å². The number of rotatable bonds is 2. The van der Waals surface area contributed by atoms with Crippen LogP contribution in [-0.4, -0.2) is 39.2 Å². The van der Waals surface area contributed by atoms with E-state index in [1.54, 1.807) is 6.20 Å². The van der Waals surface area contributed by atoms with Gasteiger partial charge in [-0.3, -0.25) is 9.89 Å². The van der Waals surface area contributed by atoms with E-state index < -0.39 is 0 Å². The van der Waals surface area contributed by atoms with Gasteiger partial charge in [-0.25, -0.2) is 9.97 Å². The van der Waals surface area contributed by atoms with Crippen LogP contribution in [0.3, 0.4) is 0 Å². The zero-order valence-corrected chi connectivity index (χ0v) is 14.4. The van der Waals surface area contributed by atoms with Crippen LogP contribution in [0.1, 0.15) is 42.7 Å². The van der Waals surface area contributed by atoms with E-state index in [1.165, 1.54) is 19.3 Å². The van der Waals surface area contributed by atoms with Gasteiger partial charge in [0.1, 0.15) is 0 Å². The van der Waals surface area contributed by atoms with Gasteiger partial charge in [-0.2, -0.15) is 5.10 Å². The highest BCUT2D eigenvalue weighted by atomic mass is 16.1. The van der Waals surface area contributed by atoms with Gasteiger partial charge in [0, 0.05) is 54.5 Å². The number of piperidine rings is 1. The van der Waals surface area contributed by atoms with Gasteiger partial charge in [0.2, 0.25) is 11.9 Å². The highest BCUT2D eigenvalue weighted by molar-refractivity contribution is 6.00. The molecule has 7 heteroatoms. The second-order valence-electron chi connectivity index (χ2n) is 7.03. The minimum absolute atomic E-state index is 0.0153. The maximum absolute atomic E-state index is 12.2. The van der Waals surface area contributed by atoms with E-state index in [0.29, 0.717) is 6.42 Å². The summed E-state index contributed by atoms with van der Waals surface area (Å²) < 4.78 is 0. The molecule has 1 atom stereocenters. The van der Waals surface area contributed by atoms with Crippen molar-refractivity contribution in [2.45, 2.75) is 31.6 Å². The van der Waals surface area contributed by atoms with E-state index in [-0.39, 0.29) is 11.8 Å². The lowest BCUT2D eigenvalue weighted by atomic mass is 9.85. The number of benzene rings is 1. The zero-order valence-electron chi connectivity index (χ0n) is 14.4. The summed E-state index contributed by atoms with van der Waals surface area (Å²) >= 11 is 0. The third-order valence-corrected chi connectivity index (χ3v) is 5.37. The molecule has 2 aromatic heterocycles. The quantitative estimate of drug-likeness (QED) is 0.744. The van der Waals surface area contributed by atoms with Crippen molar-refractivity contribution in [1.82, 2.24) is 20.2 Å². The first-order chi connectivity index (χ1) is 12.8.